The smallest absolute Gasteiger partial charge is 0.306 e. The highest BCUT2D eigenvalue weighted by Gasteiger charge is 2.19. The lowest BCUT2D eigenvalue weighted by molar-refractivity contribution is -0.167. The Morgan fingerprint density at radius 2 is 0.660 bits per heavy atom. The van der Waals surface area contributed by atoms with Crippen molar-refractivity contribution in [2.75, 3.05) is 13.2 Å². The highest BCUT2D eigenvalue weighted by molar-refractivity contribution is 5.71. The normalized spacial score (nSPS) is 11.9. The van der Waals surface area contributed by atoms with Gasteiger partial charge in [0.2, 0.25) is 0 Å². The number of esters is 3. The molecule has 0 aliphatic rings. The van der Waals surface area contributed by atoms with E-state index >= 15 is 0 Å². The Morgan fingerprint density at radius 1 is 0.380 bits per heavy atom. The molecule has 0 aromatic carbocycles. The molecule has 0 aromatic rings. The highest BCUT2D eigenvalue weighted by Crippen LogP contribution is 2.16. The minimum atomic E-state index is -0.758. The van der Waals surface area contributed by atoms with E-state index in [4.69, 9.17) is 14.2 Å². The van der Waals surface area contributed by atoms with Crippen molar-refractivity contribution < 1.29 is 28.6 Å². The molecule has 0 bridgehead atoms. The number of carbonyl (C=O) groups excluding carboxylic acids is 3. The first-order valence-electron chi connectivity index (χ1n) is 21.9. The fraction of sp³-hybridized carbons (Fsp3) is 0.932. The molecule has 0 saturated carbocycles. The molecular formula is C44H84O6. The molecule has 0 spiro atoms. The van der Waals surface area contributed by atoms with E-state index in [1.165, 1.54) is 135 Å². The van der Waals surface area contributed by atoms with Gasteiger partial charge in [-0.05, 0) is 25.2 Å². The fourth-order valence-corrected chi connectivity index (χ4v) is 6.45. The summed E-state index contributed by atoms with van der Waals surface area (Å²) in [6.07, 6.45) is 36.6. The van der Waals surface area contributed by atoms with Crippen molar-refractivity contribution in [3.8, 4) is 0 Å². The molecule has 0 aliphatic carbocycles. The van der Waals surface area contributed by atoms with Gasteiger partial charge in [0.25, 0.3) is 0 Å². The fourth-order valence-electron chi connectivity index (χ4n) is 6.45. The molecule has 0 amide bonds. The van der Waals surface area contributed by atoms with Gasteiger partial charge in [-0.2, -0.15) is 0 Å². The zero-order chi connectivity index (χ0) is 36.8. The summed E-state index contributed by atoms with van der Waals surface area (Å²) in [6, 6.07) is 0. The van der Waals surface area contributed by atoms with Crippen molar-refractivity contribution >= 4 is 17.9 Å². The van der Waals surface area contributed by atoms with Gasteiger partial charge in [-0.15, -0.1) is 0 Å². The zero-order valence-corrected chi connectivity index (χ0v) is 33.9. The standard InChI is InChI=1S/C44H84O6/c1-5-7-9-11-13-15-16-17-18-20-24-28-32-36-43(46)49-39-41(38-48-42(45)35-31-27-23-19-14-12-10-8-6-2)50-44(47)37-33-29-25-21-22-26-30-34-40(3)4/h40-41H,5-39H2,1-4H3/t41-/m0/s1. The van der Waals surface area contributed by atoms with E-state index in [1.807, 2.05) is 0 Å². The number of ether oxygens (including phenoxy) is 3. The van der Waals surface area contributed by atoms with Gasteiger partial charge in [-0.1, -0.05) is 201 Å². The van der Waals surface area contributed by atoms with E-state index in [9.17, 15) is 14.4 Å². The Bertz CT molecular complexity index is 751. The average Bonchev–Trinajstić information content (AvgIpc) is 3.09. The van der Waals surface area contributed by atoms with Crippen LogP contribution in [0.3, 0.4) is 0 Å². The molecule has 1 atom stereocenters. The van der Waals surface area contributed by atoms with Gasteiger partial charge >= 0.3 is 17.9 Å². The van der Waals surface area contributed by atoms with Gasteiger partial charge < -0.3 is 14.2 Å². The summed E-state index contributed by atoms with van der Waals surface area (Å²) in [4.78, 5) is 37.5. The van der Waals surface area contributed by atoms with E-state index in [-0.39, 0.29) is 31.1 Å². The summed E-state index contributed by atoms with van der Waals surface area (Å²) in [5, 5.41) is 0. The molecule has 296 valence electrons. The second kappa shape index (κ2) is 38.6. The van der Waals surface area contributed by atoms with Crippen LogP contribution in [0.25, 0.3) is 0 Å². The summed E-state index contributed by atoms with van der Waals surface area (Å²) in [5.41, 5.74) is 0. The molecular weight excluding hydrogens is 624 g/mol. The van der Waals surface area contributed by atoms with Crippen LogP contribution in [0.5, 0.6) is 0 Å². The van der Waals surface area contributed by atoms with Gasteiger partial charge in [0.1, 0.15) is 13.2 Å². The molecule has 0 aliphatic heterocycles. The molecule has 6 heteroatoms. The van der Waals surface area contributed by atoms with Crippen molar-refractivity contribution in [2.45, 2.75) is 246 Å². The van der Waals surface area contributed by atoms with Gasteiger partial charge in [0.15, 0.2) is 6.10 Å². The predicted molar refractivity (Wildman–Crippen MR) is 210 cm³/mol. The van der Waals surface area contributed by atoms with Crippen molar-refractivity contribution in [3.63, 3.8) is 0 Å². The van der Waals surface area contributed by atoms with Crippen LogP contribution in [-0.2, 0) is 28.6 Å². The predicted octanol–water partition coefficient (Wildman–Crippen LogP) is 13.6. The molecule has 50 heavy (non-hydrogen) atoms. The van der Waals surface area contributed by atoms with Gasteiger partial charge in [-0.25, -0.2) is 0 Å². The van der Waals surface area contributed by atoms with Crippen molar-refractivity contribution in [2.24, 2.45) is 5.92 Å². The van der Waals surface area contributed by atoms with E-state index < -0.39 is 6.10 Å². The first-order chi connectivity index (χ1) is 24.4. The molecule has 6 nitrogen and oxygen atoms in total. The highest BCUT2D eigenvalue weighted by atomic mass is 16.6. The molecule has 0 heterocycles. The Balaban J connectivity index is 4.31. The van der Waals surface area contributed by atoms with E-state index in [1.54, 1.807) is 0 Å². The SMILES string of the molecule is CCCCCCCCCCCCCCCC(=O)OC[C@H](COC(=O)CCCCCCCCCCC)OC(=O)CCCCCCCCCC(C)C. The first kappa shape index (κ1) is 48.4. The van der Waals surface area contributed by atoms with Crippen LogP contribution in [0.4, 0.5) is 0 Å². The maximum atomic E-state index is 12.6. The first-order valence-corrected chi connectivity index (χ1v) is 21.9. The largest absolute Gasteiger partial charge is 0.462 e. The minimum Gasteiger partial charge on any atom is -0.462 e. The van der Waals surface area contributed by atoms with Crippen molar-refractivity contribution in [1.29, 1.82) is 0 Å². The lowest BCUT2D eigenvalue weighted by Gasteiger charge is -2.18. The molecule has 0 N–H and O–H groups in total. The third-order valence-corrected chi connectivity index (χ3v) is 9.79. The zero-order valence-electron chi connectivity index (χ0n) is 33.9. The summed E-state index contributed by atoms with van der Waals surface area (Å²) in [5.74, 6) is -0.0839. The average molecular weight is 709 g/mol. The Labute approximate surface area is 310 Å². The van der Waals surface area contributed by atoms with E-state index in [0.29, 0.717) is 19.3 Å². The number of hydrogen-bond acceptors (Lipinski definition) is 6. The van der Waals surface area contributed by atoms with Crippen LogP contribution in [0.15, 0.2) is 0 Å². The number of hydrogen-bond donors (Lipinski definition) is 0. The third kappa shape index (κ3) is 37.7. The summed E-state index contributed by atoms with van der Waals surface area (Å²) in [7, 11) is 0. The Morgan fingerprint density at radius 3 is 0.980 bits per heavy atom. The molecule has 0 aromatic heterocycles. The molecule has 0 rings (SSSR count). The lowest BCUT2D eigenvalue weighted by Crippen LogP contribution is -2.30. The van der Waals surface area contributed by atoms with Crippen LogP contribution in [0.1, 0.15) is 240 Å². The maximum Gasteiger partial charge on any atom is 0.306 e. The van der Waals surface area contributed by atoms with E-state index in [0.717, 1.165) is 63.7 Å². The quantitative estimate of drug-likeness (QED) is 0.0359. The van der Waals surface area contributed by atoms with Crippen LogP contribution >= 0.6 is 0 Å². The van der Waals surface area contributed by atoms with Crippen molar-refractivity contribution in [1.82, 2.24) is 0 Å². The van der Waals surface area contributed by atoms with Gasteiger partial charge in [0.05, 0.1) is 0 Å². The lowest BCUT2D eigenvalue weighted by atomic mass is 10.0. The second-order valence-electron chi connectivity index (χ2n) is 15.5. The number of unbranched alkanes of at least 4 members (excludes halogenated alkanes) is 26. The molecule has 0 fully saturated rings. The molecule has 0 radical (unpaired) electrons. The van der Waals surface area contributed by atoms with Crippen molar-refractivity contribution in [3.05, 3.63) is 0 Å². The van der Waals surface area contributed by atoms with Crippen LogP contribution in [0, 0.1) is 5.92 Å². The van der Waals surface area contributed by atoms with Crippen LogP contribution in [0.2, 0.25) is 0 Å². The minimum absolute atomic E-state index is 0.0648. The third-order valence-electron chi connectivity index (χ3n) is 9.79. The summed E-state index contributed by atoms with van der Waals surface area (Å²) in [6.45, 7) is 8.92. The summed E-state index contributed by atoms with van der Waals surface area (Å²) < 4.78 is 16.7. The molecule has 0 unspecified atom stereocenters. The monoisotopic (exact) mass is 709 g/mol. The van der Waals surface area contributed by atoms with E-state index in [2.05, 4.69) is 27.7 Å². The second-order valence-corrected chi connectivity index (χ2v) is 15.5. The van der Waals surface area contributed by atoms with Crippen LogP contribution in [-0.4, -0.2) is 37.2 Å². The van der Waals surface area contributed by atoms with Gasteiger partial charge in [0, 0.05) is 19.3 Å². The number of carbonyl (C=O) groups is 3. The Hall–Kier alpha value is -1.59. The topological polar surface area (TPSA) is 78.9 Å². The summed E-state index contributed by atoms with van der Waals surface area (Å²) >= 11 is 0. The van der Waals surface area contributed by atoms with Gasteiger partial charge in [-0.3, -0.25) is 14.4 Å². The van der Waals surface area contributed by atoms with Crippen LogP contribution < -0.4 is 0 Å². The molecule has 0 saturated heterocycles. The Kier molecular flexibility index (Phi) is 37.4. The maximum absolute atomic E-state index is 12.6. The number of rotatable bonds is 39.